The lowest BCUT2D eigenvalue weighted by atomic mass is 9.98. The molecule has 0 radical (unpaired) electrons. The van der Waals surface area contributed by atoms with Crippen LogP contribution in [0.15, 0.2) is 16.5 Å². The molecule has 2 unspecified atom stereocenters. The van der Waals surface area contributed by atoms with Crippen LogP contribution in [0.2, 0.25) is 0 Å². The van der Waals surface area contributed by atoms with Gasteiger partial charge in [0.05, 0.1) is 12.6 Å². The summed E-state index contributed by atoms with van der Waals surface area (Å²) in [5.74, 6) is 0.519. The Morgan fingerprint density at radius 2 is 2.10 bits per heavy atom. The fraction of sp³-hybridized carbons (Fsp3) is 0.714. The van der Waals surface area contributed by atoms with E-state index >= 15 is 0 Å². The molecule has 2 fully saturated rings. The average molecular weight is 279 g/mol. The molecule has 2 bridgehead atoms. The Morgan fingerprint density at radius 3 is 2.65 bits per heavy atom. The number of nitrogens with one attached hydrogen (secondary N) is 1. The molecular formula is C14H21N3O3. The van der Waals surface area contributed by atoms with Crippen molar-refractivity contribution in [3.05, 3.63) is 28.0 Å². The van der Waals surface area contributed by atoms with E-state index in [0.717, 1.165) is 6.54 Å². The van der Waals surface area contributed by atoms with E-state index in [-0.39, 0.29) is 5.88 Å². The lowest BCUT2D eigenvalue weighted by Crippen LogP contribution is -2.47. The van der Waals surface area contributed by atoms with Crippen molar-refractivity contribution in [2.24, 2.45) is 0 Å². The number of fused-ring (bicyclic) bond motifs is 2. The van der Waals surface area contributed by atoms with Crippen LogP contribution in [0.1, 0.15) is 38.4 Å². The molecule has 0 aliphatic carbocycles. The van der Waals surface area contributed by atoms with Gasteiger partial charge in [-0.25, -0.2) is 0 Å². The lowest BCUT2D eigenvalue weighted by Gasteiger charge is -2.36. The molecule has 1 aromatic rings. The van der Waals surface area contributed by atoms with E-state index in [0.29, 0.717) is 30.4 Å². The van der Waals surface area contributed by atoms with Gasteiger partial charge in [0.1, 0.15) is 10.7 Å². The first-order valence-corrected chi connectivity index (χ1v) is 7.39. The van der Waals surface area contributed by atoms with Crippen LogP contribution in [0.25, 0.3) is 0 Å². The van der Waals surface area contributed by atoms with Crippen molar-refractivity contribution >= 4 is 5.88 Å². The summed E-state index contributed by atoms with van der Waals surface area (Å²) in [6.07, 6.45) is 4.91. The summed E-state index contributed by atoms with van der Waals surface area (Å²) in [6.45, 7) is 3.74. The largest absolute Gasteiger partial charge is 0.433 e. The van der Waals surface area contributed by atoms with Crippen LogP contribution in [0.3, 0.4) is 0 Å². The molecule has 2 aliphatic heterocycles. The first kappa shape index (κ1) is 13.6. The van der Waals surface area contributed by atoms with Gasteiger partial charge in [0.25, 0.3) is 0 Å². The molecule has 0 amide bonds. The van der Waals surface area contributed by atoms with Gasteiger partial charge in [-0.15, -0.1) is 0 Å². The Labute approximate surface area is 118 Å². The number of furan rings is 1. The minimum atomic E-state index is -0.482. The topological polar surface area (TPSA) is 71.5 Å². The Bertz CT molecular complexity index is 476. The van der Waals surface area contributed by atoms with Crippen LogP contribution in [0, 0.1) is 10.1 Å². The minimum absolute atomic E-state index is 0.165. The third kappa shape index (κ3) is 2.71. The van der Waals surface area contributed by atoms with Crippen molar-refractivity contribution in [3.63, 3.8) is 0 Å². The lowest BCUT2D eigenvalue weighted by molar-refractivity contribution is -0.402. The Morgan fingerprint density at radius 1 is 1.40 bits per heavy atom. The molecule has 6 heteroatoms. The zero-order valence-corrected chi connectivity index (χ0v) is 11.7. The molecule has 20 heavy (non-hydrogen) atoms. The monoisotopic (exact) mass is 279 g/mol. The molecule has 110 valence electrons. The van der Waals surface area contributed by atoms with Gasteiger partial charge in [-0.2, -0.15) is 0 Å². The van der Waals surface area contributed by atoms with E-state index in [1.54, 1.807) is 6.07 Å². The third-order valence-electron chi connectivity index (χ3n) is 4.56. The summed E-state index contributed by atoms with van der Waals surface area (Å²) in [5.41, 5.74) is 0. The predicted molar refractivity (Wildman–Crippen MR) is 74.4 cm³/mol. The van der Waals surface area contributed by atoms with Gasteiger partial charge < -0.3 is 9.73 Å². The summed E-state index contributed by atoms with van der Waals surface area (Å²) in [6, 6.07) is 5.02. The van der Waals surface area contributed by atoms with Gasteiger partial charge >= 0.3 is 5.88 Å². The molecular weight excluding hydrogens is 258 g/mol. The number of nitrogens with zero attached hydrogens (tertiary/aromatic N) is 2. The molecule has 2 atom stereocenters. The zero-order chi connectivity index (χ0) is 14.1. The van der Waals surface area contributed by atoms with Crippen LogP contribution >= 0.6 is 0 Å². The van der Waals surface area contributed by atoms with Crippen LogP contribution < -0.4 is 5.32 Å². The van der Waals surface area contributed by atoms with Crippen molar-refractivity contribution in [3.8, 4) is 0 Å². The van der Waals surface area contributed by atoms with Gasteiger partial charge in [-0.1, -0.05) is 6.92 Å². The normalized spacial score (nSPS) is 29.0. The minimum Gasteiger partial charge on any atom is -0.404 e. The van der Waals surface area contributed by atoms with Crippen LogP contribution in [-0.2, 0) is 6.54 Å². The highest BCUT2D eigenvalue weighted by atomic mass is 16.6. The molecule has 0 saturated carbocycles. The molecule has 1 aromatic heterocycles. The highest BCUT2D eigenvalue weighted by Crippen LogP contribution is 2.30. The molecule has 3 heterocycles. The standard InChI is InChI=1S/C14H21N3O3/c1-2-16(9-13-5-6-14(20-13)17(18)19)12-7-10-3-4-11(8-12)15-10/h5-6,10-12,15H,2-4,7-9H2,1H3. The second-order valence-electron chi connectivity index (χ2n) is 5.82. The van der Waals surface area contributed by atoms with E-state index in [1.807, 2.05) is 0 Å². The van der Waals surface area contributed by atoms with Crippen molar-refractivity contribution in [2.75, 3.05) is 6.54 Å². The molecule has 0 spiro atoms. The molecule has 1 N–H and O–H groups in total. The van der Waals surface area contributed by atoms with Crippen molar-refractivity contribution in [1.82, 2.24) is 10.2 Å². The second-order valence-corrected chi connectivity index (χ2v) is 5.82. The zero-order valence-electron chi connectivity index (χ0n) is 11.7. The Hall–Kier alpha value is -1.40. The van der Waals surface area contributed by atoms with E-state index in [1.165, 1.54) is 31.7 Å². The van der Waals surface area contributed by atoms with Gasteiger partial charge in [0.15, 0.2) is 0 Å². The first-order valence-electron chi connectivity index (χ1n) is 7.39. The highest BCUT2D eigenvalue weighted by Gasteiger charge is 2.35. The average Bonchev–Trinajstić information content (AvgIpc) is 3.03. The maximum absolute atomic E-state index is 10.7. The van der Waals surface area contributed by atoms with Crippen molar-refractivity contribution < 1.29 is 9.34 Å². The maximum atomic E-state index is 10.7. The van der Waals surface area contributed by atoms with Gasteiger partial charge in [0.2, 0.25) is 0 Å². The number of piperidine rings is 1. The predicted octanol–water partition coefficient (Wildman–Crippen LogP) is 2.29. The summed E-state index contributed by atoms with van der Waals surface area (Å²) < 4.78 is 5.28. The quantitative estimate of drug-likeness (QED) is 0.661. The molecule has 2 saturated heterocycles. The summed E-state index contributed by atoms with van der Waals surface area (Å²) in [4.78, 5) is 12.6. The van der Waals surface area contributed by atoms with Gasteiger partial charge in [0, 0.05) is 18.1 Å². The van der Waals surface area contributed by atoms with Crippen LogP contribution in [0.5, 0.6) is 0 Å². The molecule has 0 aromatic carbocycles. The fourth-order valence-electron chi connectivity index (χ4n) is 3.57. The van der Waals surface area contributed by atoms with Gasteiger partial charge in [-0.05, 0) is 38.3 Å². The first-order chi connectivity index (χ1) is 9.65. The van der Waals surface area contributed by atoms with E-state index < -0.39 is 4.92 Å². The summed E-state index contributed by atoms with van der Waals surface area (Å²) in [7, 11) is 0. The highest BCUT2D eigenvalue weighted by molar-refractivity contribution is 5.17. The number of hydrogen-bond acceptors (Lipinski definition) is 5. The molecule has 6 nitrogen and oxygen atoms in total. The SMILES string of the molecule is CCN(Cc1ccc([N+](=O)[O-])o1)C1CC2CCC(C1)N2. The number of hydrogen-bond donors (Lipinski definition) is 1. The van der Waals surface area contributed by atoms with Crippen LogP contribution in [-0.4, -0.2) is 34.5 Å². The number of rotatable bonds is 5. The summed E-state index contributed by atoms with van der Waals surface area (Å²) in [5, 5.41) is 14.3. The second kappa shape index (κ2) is 5.54. The molecule has 2 aliphatic rings. The Kier molecular flexibility index (Phi) is 3.76. The third-order valence-corrected chi connectivity index (χ3v) is 4.56. The van der Waals surface area contributed by atoms with Crippen LogP contribution in [0.4, 0.5) is 5.88 Å². The Balaban J connectivity index is 1.65. The number of nitro groups is 1. The van der Waals surface area contributed by atoms with E-state index in [9.17, 15) is 10.1 Å². The van der Waals surface area contributed by atoms with Crippen molar-refractivity contribution in [2.45, 2.75) is 57.3 Å². The summed E-state index contributed by atoms with van der Waals surface area (Å²) >= 11 is 0. The van der Waals surface area contributed by atoms with E-state index in [4.69, 9.17) is 4.42 Å². The smallest absolute Gasteiger partial charge is 0.404 e. The molecule has 3 rings (SSSR count). The van der Waals surface area contributed by atoms with Crippen molar-refractivity contribution in [1.29, 1.82) is 0 Å². The van der Waals surface area contributed by atoms with E-state index in [2.05, 4.69) is 17.1 Å². The fourth-order valence-corrected chi connectivity index (χ4v) is 3.57. The van der Waals surface area contributed by atoms with Gasteiger partial charge in [-0.3, -0.25) is 15.0 Å². The maximum Gasteiger partial charge on any atom is 0.433 e.